The summed E-state index contributed by atoms with van der Waals surface area (Å²) >= 11 is 14.6. The Morgan fingerprint density at radius 3 is 2.74 bits per heavy atom. The van der Waals surface area contributed by atoms with E-state index in [4.69, 9.17) is 33.5 Å². The third kappa shape index (κ3) is 3.33. The van der Waals surface area contributed by atoms with Crippen LogP contribution in [-0.4, -0.2) is 17.1 Å². The largest absolute Gasteiger partial charge is 0.486 e. The molecular weight excluding hydrogens is 366 g/mol. The quantitative estimate of drug-likeness (QED) is 0.511. The minimum absolute atomic E-state index is 0.523. The van der Waals surface area contributed by atoms with Gasteiger partial charge in [-0.2, -0.15) is 0 Å². The van der Waals surface area contributed by atoms with Gasteiger partial charge in [-0.3, -0.25) is 0 Å². The summed E-state index contributed by atoms with van der Waals surface area (Å²) in [5, 5.41) is 4.36. The molecule has 118 valence electrons. The van der Waals surface area contributed by atoms with Gasteiger partial charge < -0.3 is 4.74 Å². The fourth-order valence-corrected chi connectivity index (χ4v) is 4.44. The Morgan fingerprint density at radius 2 is 2.04 bits per heavy atom. The van der Waals surface area contributed by atoms with Crippen LogP contribution in [0.2, 0.25) is 5.02 Å². The van der Waals surface area contributed by atoms with E-state index in [0.29, 0.717) is 5.05 Å². The van der Waals surface area contributed by atoms with E-state index in [-0.39, 0.29) is 0 Å². The topological polar surface area (TPSA) is 22.1 Å². The standard InChI is InChI=1S/C17H14ClNOS3/c1-9-6-11(4-5-13(9)18)14-8-22-16(19-14)12-7-15(17(21)20-3)23-10(12)2/h4-8H,1-3H3. The van der Waals surface area contributed by atoms with Crippen LogP contribution < -0.4 is 0 Å². The Labute approximate surface area is 153 Å². The lowest BCUT2D eigenvalue weighted by Crippen LogP contribution is -1.94. The lowest BCUT2D eigenvalue weighted by molar-refractivity contribution is 0.417. The highest BCUT2D eigenvalue weighted by Gasteiger charge is 2.15. The van der Waals surface area contributed by atoms with Crippen LogP contribution in [0, 0.1) is 13.8 Å². The molecule has 0 aliphatic heterocycles. The molecule has 0 atom stereocenters. The highest BCUT2D eigenvalue weighted by molar-refractivity contribution is 7.80. The average Bonchev–Trinajstić information content (AvgIpc) is 3.15. The number of thiocarbonyl (C=S) groups is 1. The minimum atomic E-state index is 0.523. The van der Waals surface area contributed by atoms with Crippen LogP contribution in [0.5, 0.6) is 0 Å². The van der Waals surface area contributed by atoms with Crippen molar-refractivity contribution < 1.29 is 4.74 Å². The van der Waals surface area contributed by atoms with Gasteiger partial charge in [0, 0.05) is 26.4 Å². The van der Waals surface area contributed by atoms with Crippen LogP contribution in [0.15, 0.2) is 29.6 Å². The molecule has 2 nitrogen and oxygen atoms in total. The van der Waals surface area contributed by atoms with Crippen molar-refractivity contribution in [1.29, 1.82) is 0 Å². The Kier molecular flexibility index (Phi) is 4.82. The van der Waals surface area contributed by atoms with E-state index in [1.807, 2.05) is 19.1 Å². The van der Waals surface area contributed by atoms with Crippen LogP contribution in [0.3, 0.4) is 0 Å². The zero-order valence-corrected chi connectivity index (χ0v) is 16.1. The molecule has 0 fully saturated rings. The molecule has 0 saturated heterocycles. The van der Waals surface area contributed by atoms with Gasteiger partial charge in [-0.05, 0) is 49.8 Å². The second kappa shape index (κ2) is 6.69. The number of aryl methyl sites for hydroxylation is 2. The number of hydrogen-bond donors (Lipinski definition) is 0. The van der Waals surface area contributed by atoms with Gasteiger partial charge in [0.15, 0.2) is 0 Å². The summed E-state index contributed by atoms with van der Waals surface area (Å²) < 4.78 is 5.15. The Bertz CT molecular complexity index is 882. The Hall–Kier alpha value is -1.27. The van der Waals surface area contributed by atoms with E-state index in [2.05, 4.69) is 24.4 Å². The van der Waals surface area contributed by atoms with Crippen LogP contribution in [0.25, 0.3) is 21.8 Å². The molecule has 0 aliphatic rings. The zero-order chi connectivity index (χ0) is 16.6. The molecule has 1 aromatic carbocycles. The van der Waals surface area contributed by atoms with Crippen molar-refractivity contribution in [2.45, 2.75) is 13.8 Å². The number of hydrogen-bond acceptors (Lipinski definition) is 5. The molecule has 0 spiro atoms. The number of ether oxygens (including phenoxy) is 1. The van der Waals surface area contributed by atoms with Crippen molar-refractivity contribution in [3.8, 4) is 21.8 Å². The first kappa shape index (κ1) is 16.6. The van der Waals surface area contributed by atoms with E-state index in [9.17, 15) is 0 Å². The first-order valence-corrected chi connectivity index (χ1v) is 9.39. The SMILES string of the molecule is COC(=S)c1cc(-c2nc(-c3ccc(Cl)c(C)c3)cs2)c(C)s1. The summed E-state index contributed by atoms with van der Waals surface area (Å²) in [6, 6.07) is 8.03. The number of thiazole rings is 1. The third-order valence-corrected chi connectivity index (χ3v) is 6.36. The van der Waals surface area contributed by atoms with Gasteiger partial charge in [-0.25, -0.2) is 4.98 Å². The first-order valence-electron chi connectivity index (χ1n) is 6.90. The Morgan fingerprint density at radius 1 is 1.26 bits per heavy atom. The van der Waals surface area contributed by atoms with Crippen LogP contribution in [0.4, 0.5) is 0 Å². The molecule has 0 bridgehead atoms. The fraction of sp³-hybridized carbons (Fsp3) is 0.176. The van der Waals surface area contributed by atoms with E-state index in [1.54, 1.807) is 29.8 Å². The Balaban J connectivity index is 1.97. The van der Waals surface area contributed by atoms with Crippen LogP contribution in [0.1, 0.15) is 15.3 Å². The molecule has 0 saturated carbocycles. The second-order valence-electron chi connectivity index (χ2n) is 5.07. The van der Waals surface area contributed by atoms with Gasteiger partial charge in [0.25, 0.3) is 0 Å². The molecule has 3 rings (SSSR count). The number of nitrogens with zero attached hydrogens (tertiary/aromatic N) is 1. The van der Waals surface area contributed by atoms with E-state index < -0.39 is 0 Å². The number of halogens is 1. The van der Waals surface area contributed by atoms with Crippen molar-refractivity contribution in [1.82, 2.24) is 4.98 Å². The van der Waals surface area contributed by atoms with E-state index >= 15 is 0 Å². The van der Waals surface area contributed by atoms with Crippen LogP contribution >= 0.6 is 46.5 Å². The van der Waals surface area contributed by atoms with Gasteiger partial charge in [0.05, 0.1) is 17.7 Å². The molecular formula is C17H14ClNOS3. The van der Waals surface area contributed by atoms with Gasteiger partial charge in [-0.1, -0.05) is 17.7 Å². The number of methoxy groups -OCH3 is 1. The van der Waals surface area contributed by atoms with Gasteiger partial charge >= 0.3 is 0 Å². The summed E-state index contributed by atoms with van der Waals surface area (Å²) in [5.41, 5.74) is 4.21. The molecule has 0 N–H and O–H groups in total. The smallest absolute Gasteiger partial charge is 0.201 e. The number of thiophene rings is 1. The highest BCUT2D eigenvalue weighted by Crippen LogP contribution is 2.36. The molecule has 0 aliphatic carbocycles. The van der Waals surface area contributed by atoms with Gasteiger partial charge in [0.2, 0.25) is 5.05 Å². The maximum Gasteiger partial charge on any atom is 0.201 e. The number of aromatic nitrogens is 1. The molecule has 2 heterocycles. The fourth-order valence-electron chi connectivity index (χ4n) is 2.23. The summed E-state index contributed by atoms with van der Waals surface area (Å²) in [5.74, 6) is 0. The van der Waals surface area contributed by atoms with E-state index in [0.717, 1.165) is 37.3 Å². The highest BCUT2D eigenvalue weighted by atomic mass is 35.5. The average molecular weight is 380 g/mol. The van der Waals surface area contributed by atoms with Crippen molar-refractivity contribution in [2.24, 2.45) is 0 Å². The molecule has 23 heavy (non-hydrogen) atoms. The first-order chi connectivity index (χ1) is 11.0. The lowest BCUT2D eigenvalue weighted by Gasteiger charge is -2.01. The maximum absolute atomic E-state index is 6.10. The molecule has 3 aromatic rings. The monoisotopic (exact) mass is 379 g/mol. The molecule has 6 heteroatoms. The predicted molar refractivity (Wildman–Crippen MR) is 104 cm³/mol. The minimum Gasteiger partial charge on any atom is -0.486 e. The predicted octanol–water partition coefficient (Wildman–Crippen LogP) is 6.13. The third-order valence-electron chi connectivity index (χ3n) is 3.49. The van der Waals surface area contributed by atoms with Crippen molar-refractivity contribution in [3.63, 3.8) is 0 Å². The number of benzene rings is 1. The van der Waals surface area contributed by atoms with Crippen LogP contribution in [-0.2, 0) is 4.74 Å². The molecule has 0 amide bonds. The summed E-state index contributed by atoms with van der Waals surface area (Å²) in [6.07, 6.45) is 0. The molecule has 0 radical (unpaired) electrons. The van der Waals surface area contributed by atoms with Crippen molar-refractivity contribution in [3.05, 3.63) is 50.0 Å². The van der Waals surface area contributed by atoms with Gasteiger partial charge in [0.1, 0.15) is 5.01 Å². The van der Waals surface area contributed by atoms with Crippen molar-refractivity contribution in [2.75, 3.05) is 7.11 Å². The van der Waals surface area contributed by atoms with Crippen molar-refractivity contribution >= 4 is 51.5 Å². The summed E-state index contributed by atoms with van der Waals surface area (Å²) in [6.45, 7) is 4.08. The summed E-state index contributed by atoms with van der Waals surface area (Å²) in [4.78, 5) is 6.93. The van der Waals surface area contributed by atoms with E-state index in [1.165, 1.54) is 4.88 Å². The lowest BCUT2D eigenvalue weighted by atomic mass is 10.1. The second-order valence-corrected chi connectivity index (χ2v) is 7.97. The van der Waals surface area contributed by atoms with Gasteiger partial charge in [-0.15, -0.1) is 22.7 Å². The number of rotatable bonds is 3. The molecule has 2 aromatic heterocycles. The summed E-state index contributed by atoms with van der Waals surface area (Å²) in [7, 11) is 1.60. The zero-order valence-electron chi connectivity index (χ0n) is 12.8. The maximum atomic E-state index is 6.10. The normalized spacial score (nSPS) is 10.8. The molecule has 0 unspecified atom stereocenters.